The molecular weight excluding hydrogens is 274 g/mol. The lowest BCUT2D eigenvalue weighted by molar-refractivity contribution is 0.102. The van der Waals surface area contributed by atoms with Crippen molar-refractivity contribution in [2.24, 2.45) is 0 Å². The fourth-order valence-electron chi connectivity index (χ4n) is 2.49. The Labute approximate surface area is 132 Å². The molecule has 2 rings (SSSR count). The van der Waals surface area contributed by atoms with E-state index in [4.69, 9.17) is 0 Å². The molecule has 0 aliphatic carbocycles. The lowest BCUT2D eigenvalue weighted by Crippen LogP contribution is -2.16. The zero-order chi connectivity index (χ0) is 16.1. The average Bonchev–Trinajstić information content (AvgIpc) is 2.49. The van der Waals surface area contributed by atoms with Gasteiger partial charge < -0.3 is 10.6 Å². The normalized spacial score (nSPS) is 10.4. The molecule has 0 aliphatic heterocycles. The first-order chi connectivity index (χ1) is 10.5. The van der Waals surface area contributed by atoms with Gasteiger partial charge in [-0.2, -0.15) is 0 Å². The van der Waals surface area contributed by atoms with Crippen molar-refractivity contribution in [3.05, 3.63) is 52.8 Å². The van der Waals surface area contributed by atoms with Gasteiger partial charge in [-0.1, -0.05) is 24.6 Å². The molecule has 0 saturated carbocycles. The topological polar surface area (TPSA) is 54.0 Å². The molecule has 2 N–H and O–H groups in total. The molecule has 0 atom stereocenters. The predicted molar refractivity (Wildman–Crippen MR) is 91.6 cm³/mol. The number of hydrogen-bond donors (Lipinski definition) is 2. The smallest absolute Gasteiger partial charge is 0.274 e. The van der Waals surface area contributed by atoms with Crippen molar-refractivity contribution in [1.29, 1.82) is 0 Å². The second-order valence-electron chi connectivity index (χ2n) is 5.58. The average molecular weight is 297 g/mol. The SMILES string of the molecule is CCCNc1ccnc(C(=O)Nc2c(C)cc(C)cc2C)c1. The van der Waals surface area contributed by atoms with Crippen LogP contribution in [0.5, 0.6) is 0 Å². The minimum Gasteiger partial charge on any atom is -0.385 e. The molecule has 4 heteroatoms. The van der Waals surface area contributed by atoms with Crippen LogP contribution in [0.4, 0.5) is 11.4 Å². The largest absolute Gasteiger partial charge is 0.385 e. The summed E-state index contributed by atoms with van der Waals surface area (Å²) in [5.41, 5.74) is 5.51. The molecule has 1 amide bonds. The van der Waals surface area contributed by atoms with E-state index in [9.17, 15) is 4.79 Å². The number of nitrogens with one attached hydrogen (secondary N) is 2. The molecule has 0 fully saturated rings. The third-order valence-corrected chi connectivity index (χ3v) is 3.49. The Kier molecular flexibility index (Phi) is 5.15. The Bertz CT molecular complexity index is 657. The fourth-order valence-corrected chi connectivity index (χ4v) is 2.49. The van der Waals surface area contributed by atoms with E-state index in [1.54, 1.807) is 12.3 Å². The quantitative estimate of drug-likeness (QED) is 0.874. The highest BCUT2D eigenvalue weighted by molar-refractivity contribution is 6.04. The summed E-state index contributed by atoms with van der Waals surface area (Å²) >= 11 is 0. The molecular formula is C18H23N3O. The first-order valence-electron chi connectivity index (χ1n) is 7.60. The van der Waals surface area contributed by atoms with Crippen LogP contribution in [-0.4, -0.2) is 17.4 Å². The summed E-state index contributed by atoms with van der Waals surface area (Å²) in [5.74, 6) is -0.185. The lowest BCUT2D eigenvalue weighted by Gasteiger charge is -2.13. The molecule has 4 nitrogen and oxygen atoms in total. The minimum absolute atomic E-state index is 0.185. The van der Waals surface area contributed by atoms with Gasteiger partial charge in [0, 0.05) is 24.1 Å². The van der Waals surface area contributed by atoms with Crippen LogP contribution in [-0.2, 0) is 0 Å². The molecule has 0 aliphatic rings. The number of amides is 1. The van der Waals surface area contributed by atoms with Crippen molar-refractivity contribution in [2.75, 3.05) is 17.2 Å². The van der Waals surface area contributed by atoms with Gasteiger partial charge in [0.1, 0.15) is 5.69 Å². The Hall–Kier alpha value is -2.36. The summed E-state index contributed by atoms with van der Waals surface area (Å²) in [5, 5.41) is 6.24. The van der Waals surface area contributed by atoms with E-state index in [2.05, 4.69) is 41.6 Å². The number of anilines is 2. The number of rotatable bonds is 5. The maximum Gasteiger partial charge on any atom is 0.274 e. The summed E-state index contributed by atoms with van der Waals surface area (Å²) in [7, 11) is 0. The highest BCUT2D eigenvalue weighted by atomic mass is 16.1. The van der Waals surface area contributed by atoms with Gasteiger partial charge in [0.25, 0.3) is 5.91 Å². The molecule has 2 aromatic rings. The summed E-state index contributed by atoms with van der Waals surface area (Å²) in [6.07, 6.45) is 2.69. The number of aromatic nitrogens is 1. The number of pyridine rings is 1. The number of benzene rings is 1. The van der Waals surface area contributed by atoms with Gasteiger partial charge in [-0.05, 0) is 50.5 Å². The van der Waals surface area contributed by atoms with E-state index in [0.29, 0.717) is 5.69 Å². The highest BCUT2D eigenvalue weighted by Crippen LogP contribution is 2.22. The standard InChI is InChI=1S/C18H23N3O/c1-5-7-19-15-6-8-20-16(11-15)18(22)21-17-13(3)9-12(2)10-14(17)4/h6,8-11H,5,7H2,1-4H3,(H,19,20)(H,21,22). The van der Waals surface area contributed by atoms with E-state index < -0.39 is 0 Å². The first-order valence-corrected chi connectivity index (χ1v) is 7.60. The van der Waals surface area contributed by atoms with Crippen LogP contribution in [0, 0.1) is 20.8 Å². The van der Waals surface area contributed by atoms with Crippen LogP contribution in [0.15, 0.2) is 30.5 Å². The van der Waals surface area contributed by atoms with Gasteiger partial charge in [-0.15, -0.1) is 0 Å². The van der Waals surface area contributed by atoms with Gasteiger partial charge in [0.05, 0.1) is 0 Å². The summed E-state index contributed by atoms with van der Waals surface area (Å²) in [4.78, 5) is 16.6. The lowest BCUT2D eigenvalue weighted by atomic mass is 10.0. The molecule has 1 aromatic heterocycles. The highest BCUT2D eigenvalue weighted by Gasteiger charge is 2.12. The molecule has 116 valence electrons. The summed E-state index contributed by atoms with van der Waals surface area (Å²) in [6.45, 7) is 9.03. The van der Waals surface area contributed by atoms with Gasteiger partial charge in [0.15, 0.2) is 0 Å². The minimum atomic E-state index is -0.185. The van der Waals surface area contributed by atoms with E-state index >= 15 is 0 Å². The van der Waals surface area contributed by atoms with Crippen LogP contribution in [0.2, 0.25) is 0 Å². The predicted octanol–water partition coefficient (Wildman–Crippen LogP) is 4.08. The monoisotopic (exact) mass is 297 g/mol. The fraction of sp³-hybridized carbons (Fsp3) is 0.333. The van der Waals surface area contributed by atoms with Crippen LogP contribution in [0.25, 0.3) is 0 Å². The number of aryl methyl sites for hydroxylation is 3. The van der Waals surface area contributed by atoms with Crippen LogP contribution < -0.4 is 10.6 Å². The van der Waals surface area contributed by atoms with Crippen molar-refractivity contribution in [2.45, 2.75) is 34.1 Å². The van der Waals surface area contributed by atoms with E-state index in [1.165, 1.54) is 5.56 Å². The second kappa shape index (κ2) is 7.07. The van der Waals surface area contributed by atoms with Crippen molar-refractivity contribution in [3.8, 4) is 0 Å². The van der Waals surface area contributed by atoms with E-state index in [-0.39, 0.29) is 5.91 Å². The molecule has 22 heavy (non-hydrogen) atoms. The number of hydrogen-bond acceptors (Lipinski definition) is 3. The zero-order valence-electron chi connectivity index (χ0n) is 13.7. The van der Waals surface area contributed by atoms with Crippen LogP contribution >= 0.6 is 0 Å². The Morgan fingerprint density at radius 3 is 2.45 bits per heavy atom. The number of carbonyl (C=O) groups is 1. The summed E-state index contributed by atoms with van der Waals surface area (Å²) < 4.78 is 0. The van der Waals surface area contributed by atoms with Crippen molar-refractivity contribution < 1.29 is 4.79 Å². The maximum absolute atomic E-state index is 12.4. The maximum atomic E-state index is 12.4. The Morgan fingerprint density at radius 2 is 1.82 bits per heavy atom. The Balaban J connectivity index is 2.19. The molecule has 0 unspecified atom stereocenters. The van der Waals surface area contributed by atoms with Gasteiger partial charge in [-0.25, -0.2) is 0 Å². The molecule has 0 bridgehead atoms. The number of carbonyl (C=O) groups excluding carboxylic acids is 1. The van der Waals surface area contributed by atoms with Crippen LogP contribution in [0.3, 0.4) is 0 Å². The van der Waals surface area contributed by atoms with Gasteiger partial charge in [0.2, 0.25) is 0 Å². The second-order valence-corrected chi connectivity index (χ2v) is 5.58. The van der Waals surface area contributed by atoms with E-state index in [1.807, 2.05) is 19.9 Å². The van der Waals surface area contributed by atoms with Gasteiger partial charge in [-0.3, -0.25) is 9.78 Å². The van der Waals surface area contributed by atoms with Crippen LogP contribution in [0.1, 0.15) is 40.5 Å². The zero-order valence-corrected chi connectivity index (χ0v) is 13.7. The van der Waals surface area contributed by atoms with E-state index in [0.717, 1.165) is 35.5 Å². The molecule has 0 radical (unpaired) electrons. The molecule has 1 aromatic carbocycles. The van der Waals surface area contributed by atoms with Crippen molar-refractivity contribution in [1.82, 2.24) is 4.98 Å². The molecule has 0 saturated heterocycles. The summed E-state index contributed by atoms with van der Waals surface area (Å²) in [6, 6.07) is 7.78. The number of nitrogens with zero attached hydrogens (tertiary/aromatic N) is 1. The van der Waals surface area contributed by atoms with Crippen molar-refractivity contribution >= 4 is 17.3 Å². The third kappa shape index (κ3) is 3.85. The Morgan fingerprint density at radius 1 is 1.14 bits per heavy atom. The van der Waals surface area contributed by atoms with Crippen molar-refractivity contribution in [3.63, 3.8) is 0 Å². The van der Waals surface area contributed by atoms with Gasteiger partial charge >= 0.3 is 0 Å². The third-order valence-electron chi connectivity index (χ3n) is 3.49. The first kappa shape index (κ1) is 16.0. The molecule has 1 heterocycles. The molecule has 0 spiro atoms.